The Hall–Kier alpha value is -1.35. The molecule has 1 N–H and O–H groups in total. The molecule has 2 aromatic rings. The summed E-state index contributed by atoms with van der Waals surface area (Å²) in [6, 6.07) is 6.27. The van der Waals surface area contributed by atoms with Crippen LogP contribution in [0.15, 0.2) is 35.0 Å². The highest BCUT2D eigenvalue weighted by Crippen LogP contribution is 2.26. The van der Waals surface area contributed by atoms with Gasteiger partial charge in [-0.2, -0.15) is 11.3 Å². The molecule has 0 saturated carbocycles. The molecule has 2 rings (SSSR count). The summed E-state index contributed by atoms with van der Waals surface area (Å²) in [5.74, 6) is -0.886. The fraction of sp³-hybridized carbons (Fsp3) is 0. The van der Waals surface area contributed by atoms with Crippen LogP contribution in [0.1, 0.15) is 0 Å². The minimum Gasteiger partial charge on any atom is -0.505 e. The monoisotopic (exact) mass is 194 g/mol. The highest BCUT2D eigenvalue weighted by Gasteiger charge is 2.03. The average molecular weight is 194 g/mol. The molecule has 0 spiro atoms. The number of hydrogen-bond acceptors (Lipinski definition) is 2. The first kappa shape index (κ1) is 8.26. The van der Waals surface area contributed by atoms with Crippen molar-refractivity contribution >= 4 is 11.3 Å². The van der Waals surface area contributed by atoms with Crippen LogP contribution in [0.25, 0.3) is 11.1 Å². The van der Waals surface area contributed by atoms with E-state index in [1.54, 1.807) is 17.4 Å². The van der Waals surface area contributed by atoms with Gasteiger partial charge in [-0.25, -0.2) is 4.39 Å². The van der Waals surface area contributed by atoms with Gasteiger partial charge in [-0.15, -0.1) is 0 Å². The van der Waals surface area contributed by atoms with Crippen molar-refractivity contribution in [3.63, 3.8) is 0 Å². The zero-order chi connectivity index (χ0) is 9.26. The number of aromatic hydroxyl groups is 1. The van der Waals surface area contributed by atoms with E-state index in [0.717, 1.165) is 11.1 Å². The summed E-state index contributed by atoms with van der Waals surface area (Å²) in [4.78, 5) is 0. The summed E-state index contributed by atoms with van der Waals surface area (Å²) in [5.41, 5.74) is 1.83. The van der Waals surface area contributed by atoms with Gasteiger partial charge in [-0.3, -0.25) is 0 Å². The van der Waals surface area contributed by atoms with Crippen molar-refractivity contribution in [3.05, 3.63) is 40.8 Å². The van der Waals surface area contributed by atoms with Gasteiger partial charge in [0.15, 0.2) is 11.6 Å². The van der Waals surface area contributed by atoms with Crippen LogP contribution in [0.4, 0.5) is 4.39 Å². The number of benzene rings is 1. The van der Waals surface area contributed by atoms with Crippen molar-refractivity contribution in [2.75, 3.05) is 0 Å². The summed E-state index contributed by atoms with van der Waals surface area (Å²) in [6.45, 7) is 0. The topological polar surface area (TPSA) is 20.2 Å². The zero-order valence-electron chi connectivity index (χ0n) is 6.70. The second-order valence-electron chi connectivity index (χ2n) is 2.68. The molecule has 1 aromatic heterocycles. The molecule has 0 amide bonds. The van der Waals surface area contributed by atoms with Crippen LogP contribution >= 0.6 is 11.3 Å². The van der Waals surface area contributed by atoms with E-state index in [4.69, 9.17) is 5.11 Å². The van der Waals surface area contributed by atoms with Crippen LogP contribution in [-0.2, 0) is 0 Å². The smallest absolute Gasteiger partial charge is 0.164 e. The van der Waals surface area contributed by atoms with E-state index in [1.165, 1.54) is 12.1 Å². The standard InChI is InChI=1S/C10H7FOS/c11-9-2-1-7(5-10(9)12)8-3-4-13-6-8/h1-6,12H. The zero-order valence-corrected chi connectivity index (χ0v) is 7.51. The third-order valence-corrected chi connectivity index (χ3v) is 2.48. The molecule has 0 aliphatic heterocycles. The van der Waals surface area contributed by atoms with Gasteiger partial charge < -0.3 is 5.11 Å². The van der Waals surface area contributed by atoms with E-state index < -0.39 is 5.82 Å². The molecule has 0 bridgehead atoms. The average Bonchev–Trinajstić information content (AvgIpc) is 2.62. The van der Waals surface area contributed by atoms with Gasteiger partial charge in [0, 0.05) is 0 Å². The lowest BCUT2D eigenvalue weighted by atomic mass is 10.1. The first-order valence-electron chi connectivity index (χ1n) is 3.78. The van der Waals surface area contributed by atoms with E-state index in [9.17, 15) is 4.39 Å². The van der Waals surface area contributed by atoms with Gasteiger partial charge in [-0.1, -0.05) is 6.07 Å². The van der Waals surface area contributed by atoms with Crippen molar-refractivity contribution < 1.29 is 9.50 Å². The van der Waals surface area contributed by atoms with Crippen LogP contribution < -0.4 is 0 Å². The van der Waals surface area contributed by atoms with Gasteiger partial charge in [-0.05, 0) is 40.1 Å². The normalized spacial score (nSPS) is 10.2. The molecule has 1 aromatic carbocycles. The Morgan fingerprint density at radius 1 is 1.15 bits per heavy atom. The largest absolute Gasteiger partial charge is 0.505 e. The van der Waals surface area contributed by atoms with Gasteiger partial charge in [0.05, 0.1) is 0 Å². The van der Waals surface area contributed by atoms with E-state index in [1.807, 2.05) is 16.8 Å². The molecular weight excluding hydrogens is 187 g/mol. The predicted octanol–water partition coefficient (Wildman–Crippen LogP) is 3.26. The van der Waals surface area contributed by atoms with Gasteiger partial charge in [0.2, 0.25) is 0 Å². The van der Waals surface area contributed by atoms with Gasteiger partial charge in [0.25, 0.3) is 0 Å². The molecule has 0 aliphatic carbocycles. The van der Waals surface area contributed by atoms with Crippen molar-refractivity contribution in [2.45, 2.75) is 0 Å². The molecule has 1 nitrogen and oxygen atoms in total. The quantitative estimate of drug-likeness (QED) is 0.738. The van der Waals surface area contributed by atoms with Gasteiger partial charge >= 0.3 is 0 Å². The lowest BCUT2D eigenvalue weighted by Gasteiger charge is -1.99. The second kappa shape index (κ2) is 3.18. The highest BCUT2D eigenvalue weighted by molar-refractivity contribution is 7.08. The molecule has 0 radical (unpaired) electrons. The summed E-state index contributed by atoms with van der Waals surface area (Å²) in [6.07, 6.45) is 0. The fourth-order valence-electron chi connectivity index (χ4n) is 1.12. The first-order valence-corrected chi connectivity index (χ1v) is 4.73. The van der Waals surface area contributed by atoms with Crippen LogP contribution in [0.5, 0.6) is 5.75 Å². The summed E-state index contributed by atoms with van der Waals surface area (Å²) < 4.78 is 12.7. The van der Waals surface area contributed by atoms with Crippen molar-refractivity contribution in [1.82, 2.24) is 0 Å². The number of hydrogen-bond donors (Lipinski definition) is 1. The minimum atomic E-state index is -0.584. The van der Waals surface area contributed by atoms with Crippen LogP contribution in [-0.4, -0.2) is 5.11 Å². The number of rotatable bonds is 1. The van der Waals surface area contributed by atoms with E-state index in [0.29, 0.717) is 0 Å². The Morgan fingerprint density at radius 3 is 2.62 bits per heavy atom. The number of phenolic OH excluding ortho intramolecular Hbond substituents is 1. The maximum atomic E-state index is 12.7. The molecule has 0 unspecified atom stereocenters. The summed E-state index contributed by atoms with van der Waals surface area (Å²) in [7, 11) is 0. The molecule has 13 heavy (non-hydrogen) atoms. The molecule has 0 atom stereocenters. The van der Waals surface area contributed by atoms with Gasteiger partial charge in [0.1, 0.15) is 0 Å². The molecule has 66 valence electrons. The molecule has 3 heteroatoms. The molecule has 0 aliphatic rings. The highest BCUT2D eigenvalue weighted by atomic mass is 32.1. The Morgan fingerprint density at radius 2 is 2.00 bits per heavy atom. The molecular formula is C10H7FOS. The van der Waals surface area contributed by atoms with Crippen molar-refractivity contribution in [2.24, 2.45) is 0 Å². The second-order valence-corrected chi connectivity index (χ2v) is 3.46. The Bertz CT molecular complexity index is 409. The Balaban J connectivity index is 2.49. The third-order valence-electron chi connectivity index (χ3n) is 1.80. The molecule has 0 fully saturated rings. The molecule has 1 heterocycles. The third kappa shape index (κ3) is 1.55. The van der Waals surface area contributed by atoms with Crippen molar-refractivity contribution in [3.8, 4) is 16.9 Å². The Labute approximate surface area is 79.1 Å². The maximum Gasteiger partial charge on any atom is 0.164 e. The first-order chi connectivity index (χ1) is 6.27. The summed E-state index contributed by atoms with van der Waals surface area (Å²) in [5, 5.41) is 13.0. The molecule has 0 saturated heterocycles. The lowest BCUT2D eigenvalue weighted by molar-refractivity contribution is 0.433. The van der Waals surface area contributed by atoms with Crippen LogP contribution in [0.2, 0.25) is 0 Å². The van der Waals surface area contributed by atoms with Crippen molar-refractivity contribution in [1.29, 1.82) is 0 Å². The SMILES string of the molecule is Oc1cc(-c2ccsc2)ccc1F. The van der Waals surface area contributed by atoms with Crippen LogP contribution in [0.3, 0.4) is 0 Å². The van der Waals surface area contributed by atoms with Crippen LogP contribution in [0, 0.1) is 5.82 Å². The number of thiophene rings is 1. The van der Waals surface area contributed by atoms with E-state index >= 15 is 0 Å². The number of halogens is 1. The van der Waals surface area contributed by atoms with E-state index in [2.05, 4.69) is 0 Å². The summed E-state index contributed by atoms with van der Waals surface area (Å²) >= 11 is 1.57. The minimum absolute atomic E-state index is 0.302. The van der Waals surface area contributed by atoms with E-state index in [-0.39, 0.29) is 5.75 Å². The lowest BCUT2D eigenvalue weighted by Crippen LogP contribution is -1.77. The maximum absolute atomic E-state index is 12.7. The fourth-order valence-corrected chi connectivity index (χ4v) is 1.79. The number of phenols is 1. The Kier molecular flexibility index (Phi) is 2.02. The predicted molar refractivity (Wildman–Crippen MR) is 51.4 cm³/mol.